The number of aromatic nitrogens is 2. The van der Waals surface area contributed by atoms with Crippen LogP contribution in [0.25, 0.3) is 10.9 Å². The molecule has 2 rings (SSSR count). The summed E-state index contributed by atoms with van der Waals surface area (Å²) in [5, 5.41) is 4.76. The van der Waals surface area contributed by atoms with Crippen LogP contribution in [0.5, 0.6) is 0 Å². The van der Waals surface area contributed by atoms with Gasteiger partial charge in [-0.25, -0.2) is 4.79 Å². The Hall–Kier alpha value is -1.62. The summed E-state index contributed by atoms with van der Waals surface area (Å²) < 4.78 is 11.4. The monoisotopic (exact) mass is 194 g/mol. The van der Waals surface area contributed by atoms with Crippen LogP contribution in [-0.2, 0) is 18.4 Å². The van der Waals surface area contributed by atoms with Gasteiger partial charge >= 0.3 is 5.63 Å². The average Bonchev–Trinajstić information content (AvgIpc) is 2.47. The SMILES string of the molecule is COCc1cc2cn(C)nc2c(=O)o1. The molecule has 0 aliphatic carbocycles. The molecule has 2 heterocycles. The molecule has 5 nitrogen and oxygen atoms in total. The van der Waals surface area contributed by atoms with Crippen LogP contribution in [0.2, 0.25) is 0 Å². The van der Waals surface area contributed by atoms with Crippen LogP contribution in [0, 0.1) is 0 Å². The lowest BCUT2D eigenvalue weighted by Crippen LogP contribution is -2.03. The molecule has 0 saturated carbocycles. The van der Waals surface area contributed by atoms with Gasteiger partial charge in [0.15, 0.2) is 5.52 Å². The smallest absolute Gasteiger partial charge is 0.364 e. The summed E-state index contributed by atoms with van der Waals surface area (Å²) >= 11 is 0. The van der Waals surface area contributed by atoms with Gasteiger partial charge in [0.1, 0.15) is 12.4 Å². The Labute approximate surface area is 79.9 Å². The summed E-state index contributed by atoms with van der Waals surface area (Å²) in [6, 6.07) is 1.76. The van der Waals surface area contributed by atoms with Crippen LogP contribution in [0.1, 0.15) is 5.76 Å². The molecule has 0 bridgehead atoms. The summed E-state index contributed by atoms with van der Waals surface area (Å²) in [7, 11) is 3.31. The summed E-state index contributed by atoms with van der Waals surface area (Å²) in [4.78, 5) is 11.4. The number of hydrogen-bond acceptors (Lipinski definition) is 4. The van der Waals surface area contributed by atoms with E-state index in [1.54, 1.807) is 31.1 Å². The molecule has 0 atom stereocenters. The number of nitrogens with zero attached hydrogens (tertiary/aromatic N) is 2. The second kappa shape index (κ2) is 3.26. The summed E-state index contributed by atoms with van der Waals surface area (Å²) in [6.45, 7) is 0.292. The molecule has 0 N–H and O–H groups in total. The van der Waals surface area contributed by atoms with Crippen LogP contribution in [-0.4, -0.2) is 16.9 Å². The molecule has 5 heteroatoms. The van der Waals surface area contributed by atoms with E-state index in [2.05, 4.69) is 5.10 Å². The van der Waals surface area contributed by atoms with Crippen molar-refractivity contribution in [2.45, 2.75) is 6.61 Å². The van der Waals surface area contributed by atoms with E-state index in [0.717, 1.165) is 5.39 Å². The van der Waals surface area contributed by atoms with Gasteiger partial charge in [0.2, 0.25) is 0 Å². The average molecular weight is 194 g/mol. The van der Waals surface area contributed by atoms with Crippen LogP contribution in [0.15, 0.2) is 21.5 Å². The highest BCUT2D eigenvalue weighted by Crippen LogP contribution is 2.10. The van der Waals surface area contributed by atoms with E-state index in [9.17, 15) is 4.79 Å². The van der Waals surface area contributed by atoms with Gasteiger partial charge in [0.25, 0.3) is 0 Å². The van der Waals surface area contributed by atoms with Gasteiger partial charge in [-0.05, 0) is 6.07 Å². The topological polar surface area (TPSA) is 57.3 Å². The number of rotatable bonds is 2. The Morgan fingerprint density at radius 2 is 2.43 bits per heavy atom. The van der Waals surface area contributed by atoms with Crippen molar-refractivity contribution in [2.75, 3.05) is 7.11 Å². The highest BCUT2D eigenvalue weighted by molar-refractivity contribution is 5.76. The van der Waals surface area contributed by atoms with E-state index < -0.39 is 5.63 Å². The number of hydrogen-bond donors (Lipinski definition) is 0. The molecule has 0 fully saturated rings. The lowest BCUT2D eigenvalue weighted by atomic mass is 10.3. The number of aryl methyl sites for hydroxylation is 1. The molecule has 74 valence electrons. The van der Waals surface area contributed by atoms with Gasteiger partial charge in [-0.15, -0.1) is 0 Å². The Morgan fingerprint density at radius 1 is 1.64 bits per heavy atom. The third kappa shape index (κ3) is 1.42. The second-order valence-corrected chi connectivity index (χ2v) is 3.04. The zero-order valence-corrected chi connectivity index (χ0v) is 7.98. The van der Waals surface area contributed by atoms with Crippen LogP contribution in [0.4, 0.5) is 0 Å². The standard InChI is InChI=1S/C9H10N2O3/c1-11-4-6-3-7(5-13-2)14-9(12)8(6)10-11/h3-4H,5H2,1-2H3. The second-order valence-electron chi connectivity index (χ2n) is 3.04. The third-order valence-electron chi connectivity index (χ3n) is 1.88. The number of ether oxygens (including phenoxy) is 1. The maximum Gasteiger partial charge on any atom is 0.364 e. The van der Waals surface area contributed by atoms with Crippen molar-refractivity contribution in [3.8, 4) is 0 Å². The highest BCUT2D eigenvalue weighted by Gasteiger charge is 2.07. The van der Waals surface area contributed by atoms with Crippen LogP contribution in [0.3, 0.4) is 0 Å². The van der Waals surface area contributed by atoms with Crippen LogP contribution < -0.4 is 5.63 Å². The number of fused-ring (bicyclic) bond motifs is 1. The van der Waals surface area contributed by atoms with Gasteiger partial charge in [0.05, 0.1) is 0 Å². The first-order chi connectivity index (χ1) is 6.70. The van der Waals surface area contributed by atoms with Gasteiger partial charge in [-0.2, -0.15) is 5.10 Å². The fraction of sp³-hybridized carbons (Fsp3) is 0.333. The molecule has 0 radical (unpaired) electrons. The minimum Gasteiger partial charge on any atom is -0.424 e. The van der Waals surface area contributed by atoms with E-state index in [1.807, 2.05) is 0 Å². The highest BCUT2D eigenvalue weighted by atomic mass is 16.5. The van der Waals surface area contributed by atoms with Gasteiger partial charge in [0, 0.05) is 25.7 Å². The Morgan fingerprint density at radius 3 is 3.14 bits per heavy atom. The third-order valence-corrected chi connectivity index (χ3v) is 1.88. The lowest BCUT2D eigenvalue weighted by Gasteiger charge is -1.96. The molecule has 0 aromatic carbocycles. The molecule has 2 aromatic heterocycles. The first-order valence-corrected chi connectivity index (χ1v) is 4.16. The maximum absolute atomic E-state index is 11.4. The molecular weight excluding hydrogens is 184 g/mol. The van der Waals surface area contributed by atoms with Gasteiger partial charge in [-0.1, -0.05) is 0 Å². The normalized spacial score (nSPS) is 11.0. The van der Waals surface area contributed by atoms with Gasteiger partial charge in [-0.3, -0.25) is 4.68 Å². The number of methoxy groups -OCH3 is 1. The predicted molar refractivity (Wildman–Crippen MR) is 50.0 cm³/mol. The molecule has 0 unspecified atom stereocenters. The lowest BCUT2D eigenvalue weighted by molar-refractivity contribution is 0.161. The van der Waals surface area contributed by atoms with E-state index in [-0.39, 0.29) is 0 Å². The Balaban J connectivity index is 2.65. The van der Waals surface area contributed by atoms with Crippen LogP contribution >= 0.6 is 0 Å². The van der Waals surface area contributed by atoms with Crippen molar-refractivity contribution in [3.63, 3.8) is 0 Å². The Bertz CT molecular complexity index is 512. The fourth-order valence-corrected chi connectivity index (χ4v) is 1.35. The molecule has 14 heavy (non-hydrogen) atoms. The molecule has 0 aliphatic rings. The minimum absolute atomic E-state index is 0.292. The van der Waals surface area contributed by atoms with Crippen molar-refractivity contribution in [1.82, 2.24) is 9.78 Å². The first-order valence-electron chi connectivity index (χ1n) is 4.16. The first kappa shape index (κ1) is 8.96. The zero-order valence-electron chi connectivity index (χ0n) is 7.98. The maximum atomic E-state index is 11.4. The molecular formula is C9H10N2O3. The van der Waals surface area contributed by atoms with Gasteiger partial charge < -0.3 is 9.15 Å². The summed E-state index contributed by atoms with van der Waals surface area (Å²) in [5.41, 5.74) is -0.0671. The summed E-state index contributed by atoms with van der Waals surface area (Å²) in [5.74, 6) is 0.512. The van der Waals surface area contributed by atoms with E-state index in [0.29, 0.717) is 17.9 Å². The minimum atomic E-state index is -0.421. The quantitative estimate of drug-likeness (QED) is 0.705. The molecule has 0 saturated heterocycles. The van der Waals surface area contributed by atoms with E-state index in [4.69, 9.17) is 9.15 Å². The van der Waals surface area contributed by atoms with E-state index in [1.165, 1.54) is 0 Å². The molecule has 0 amide bonds. The Kier molecular flexibility index (Phi) is 2.09. The van der Waals surface area contributed by atoms with Crippen molar-refractivity contribution in [3.05, 3.63) is 28.4 Å². The predicted octanol–water partition coefficient (Wildman–Crippen LogP) is 0.673. The molecule has 2 aromatic rings. The largest absolute Gasteiger partial charge is 0.424 e. The zero-order chi connectivity index (χ0) is 10.1. The van der Waals surface area contributed by atoms with Crippen molar-refractivity contribution < 1.29 is 9.15 Å². The van der Waals surface area contributed by atoms with E-state index >= 15 is 0 Å². The molecule has 0 spiro atoms. The van der Waals surface area contributed by atoms with Crippen molar-refractivity contribution >= 4 is 10.9 Å². The van der Waals surface area contributed by atoms with Crippen molar-refractivity contribution in [2.24, 2.45) is 7.05 Å². The van der Waals surface area contributed by atoms with Crippen molar-refractivity contribution in [1.29, 1.82) is 0 Å². The molecule has 0 aliphatic heterocycles. The summed E-state index contributed by atoms with van der Waals surface area (Å²) in [6.07, 6.45) is 1.77. The fourth-order valence-electron chi connectivity index (χ4n) is 1.35.